The molecule has 1 aliphatic rings. The Kier molecular flexibility index (Phi) is 4.31. The molecular formula is C15H12BrClN2O2. The molecule has 6 heteroatoms. The minimum absolute atomic E-state index is 0.261. The van der Waals surface area contributed by atoms with Crippen LogP contribution in [0.5, 0.6) is 11.5 Å². The van der Waals surface area contributed by atoms with Gasteiger partial charge in [0.1, 0.15) is 0 Å². The number of benzene rings is 2. The van der Waals surface area contributed by atoms with Crippen LogP contribution in [0, 0.1) is 0 Å². The molecule has 0 spiro atoms. The van der Waals surface area contributed by atoms with E-state index < -0.39 is 0 Å². The Labute approximate surface area is 135 Å². The van der Waals surface area contributed by atoms with Crippen molar-refractivity contribution in [3.05, 3.63) is 57.0 Å². The summed E-state index contributed by atoms with van der Waals surface area (Å²) in [6.45, 7) is 0.896. The van der Waals surface area contributed by atoms with Gasteiger partial charge in [-0.05, 0) is 45.8 Å². The van der Waals surface area contributed by atoms with Crippen LogP contribution in [-0.4, -0.2) is 13.0 Å². The molecule has 108 valence electrons. The number of rotatable bonds is 4. The van der Waals surface area contributed by atoms with Gasteiger partial charge in [0.25, 0.3) is 0 Å². The Morgan fingerprint density at radius 1 is 1.19 bits per heavy atom. The van der Waals surface area contributed by atoms with Crippen molar-refractivity contribution in [2.45, 2.75) is 6.54 Å². The molecule has 0 bridgehead atoms. The first-order valence-electron chi connectivity index (χ1n) is 6.32. The lowest BCUT2D eigenvalue weighted by Gasteiger charge is -2.03. The maximum absolute atomic E-state index is 5.84. The monoisotopic (exact) mass is 366 g/mol. The zero-order valence-electron chi connectivity index (χ0n) is 11.0. The summed E-state index contributed by atoms with van der Waals surface area (Å²) in [5.41, 5.74) is 5.03. The molecule has 0 aliphatic carbocycles. The lowest BCUT2D eigenvalue weighted by molar-refractivity contribution is 0.174. The van der Waals surface area contributed by atoms with Crippen LogP contribution in [0.2, 0.25) is 5.02 Å². The van der Waals surface area contributed by atoms with Gasteiger partial charge in [-0.1, -0.05) is 23.7 Å². The summed E-state index contributed by atoms with van der Waals surface area (Å²) < 4.78 is 11.6. The Morgan fingerprint density at radius 3 is 2.67 bits per heavy atom. The average Bonchev–Trinajstić information content (AvgIpc) is 2.92. The van der Waals surface area contributed by atoms with E-state index in [1.807, 2.05) is 36.4 Å². The van der Waals surface area contributed by atoms with Crippen molar-refractivity contribution in [2.75, 3.05) is 6.79 Å². The molecule has 0 saturated heterocycles. The van der Waals surface area contributed by atoms with Gasteiger partial charge in [0, 0.05) is 15.1 Å². The fourth-order valence-electron chi connectivity index (χ4n) is 1.89. The number of nitrogens with zero attached hydrogens (tertiary/aromatic N) is 1. The molecule has 4 nitrogen and oxygen atoms in total. The predicted molar refractivity (Wildman–Crippen MR) is 86.2 cm³/mol. The van der Waals surface area contributed by atoms with Crippen LogP contribution >= 0.6 is 27.5 Å². The maximum Gasteiger partial charge on any atom is 0.231 e. The van der Waals surface area contributed by atoms with Crippen molar-refractivity contribution < 1.29 is 9.47 Å². The Morgan fingerprint density at radius 2 is 1.90 bits per heavy atom. The van der Waals surface area contributed by atoms with Gasteiger partial charge in [0.2, 0.25) is 6.79 Å². The number of halogens is 2. The number of hydrogen-bond donors (Lipinski definition) is 1. The van der Waals surface area contributed by atoms with Crippen LogP contribution < -0.4 is 14.9 Å². The number of ether oxygens (including phenoxy) is 2. The van der Waals surface area contributed by atoms with E-state index in [-0.39, 0.29) is 6.79 Å². The minimum atomic E-state index is 0.261. The first kappa shape index (κ1) is 14.2. The van der Waals surface area contributed by atoms with Crippen LogP contribution in [0.1, 0.15) is 11.1 Å². The zero-order chi connectivity index (χ0) is 14.7. The molecule has 21 heavy (non-hydrogen) atoms. The van der Waals surface area contributed by atoms with Crippen LogP contribution in [0.15, 0.2) is 46.0 Å². The van der Waals surface area contributed by atoms with E-state index in [0.717, 1.165) is 32.1 Å². The second kappa shape index (κ2) is 6.37. The summed E-state index contributed by atoms with van der Waals surface area (Å²) >= 11 is 9.33. The standard InChI is InChI=1S/C15H12BrClN2O2/c16-13-6-15-14(20-9-21-15)5-11(13)8-19-18-7-10-1-3-12(17)4-2-10/h1-6,8,18H,7,9H2/b19-8-. The highest BCUT2D eigenvalue weighted by Gasteiger charge is 2.15. The Balaban J connectivity index is 1.62. The topological polar surface area (TPSA) is 42.9 Å². The molecule has 0 atom stereocenters. The molecule has 1 N–H and O–H groups in total. The van der Waals surface area contributed by atoms with Gasteiger partial charge in [0.15, 0.2) is 11.5 Å². The van der Waals surface area contributed by atoms with E-state index in [4.69, 9.17) is 21.1 Å². The highest BCUT2D eigenvalue weighted by molar-refractivity contribution is 9.10. The molecule has 0 fully saturated rings. The number of hydrogen-bond acceptors (Lipinski definition) is 4. The van der Waals surface area contributed by atoms with Gasteiger partial charge in [0.05, 0.1) is 12.8 Å². The third-order valence-electron chi connectivity index (χ3n) is 2.98. The van der Waals surface area contributed by atoms with E-state index in [2.05, 4.69) is 26.5 Å². The van der Waals surface area contributed by atoms with Crippen molar-refractivity contribution in [3.63, 3.8) is 0 Å². The fourth-order valence-corrected chi connectivity index (χ4v) is 2.44. The van der Waals surface area contributed by atoms with Crippen molar-refractivity contribution in [2.24, 2.45) is 5.10 Å². The van der Waals surface area contributed by atoms with Crippen LogP contribution in [-0.2, 0) is 6.54 Å². The number of nitrogens with one attached hydrogen (secondary N) is 1. The van der Waals surface area contributed by atoms with E-state index in [1.54, 1.807) is 6.21 Å². The van der Waals surface area contributed by atoms with Crippen LogP contribution in [0.25, 0.3) is 0 Å². The molecule has 0 unspecified atom stereocenters. The van der Waals surface area contributed by atoms with E-state index in [9.17, 15) is 0 Å². The molecular weight excluding hydrogens is 356 g/mol. The smallest absolute Gasteiger partial charge is 0.231 e. The van der Waals surface area contributed by atoms with Gasteiger partial charge in [-0.25, -0.2) is 0 Å². The molecule has 3 rings (SSSR count). The van der Waals surface area contributed by atoms with Crippen LogP contribution in [0.4, 0.5) is 0 Å². The normalized spacial score (nSPS) is 12.9. The van der Waals surface area contributed by atoms with Gasteiger partial charge in [-0.2, -0.15) is 5.10 Å². The van der Waals surface area contributed by atoms with Gasteiger partial charge < -0.3 is 14.9 Å². The number of hydrazone groups is 1. The molecule has 0 aromatic heterocycles. The molecule has 0 amide bonds. The Bertz CT molecular complexity index is 674. The molecule has 0 saturated carbocycles. The summed E-state index contributed by atoms with van der Waals surface area (Å²) in [5, 5.41) is 4.94. The van der Waals surface area contributed by atoms with Gasteiger partial charge in [-0.15, -0.1) is 0 Å². The quantitative estimate of drug-likeness (QED) is 0.657. The van der Waals surface area contributed by atoms with Gasteiger partial charge >= 0.3 is 0 Å². The molecule has 2 aromatic rings. The fraction of sp³-hybridized carbons (Fsp3) is 0.133. The lowest BCUT2D eigenvalue weighted by Crippen LogP contribution is -2.05. The van der Waals surface area contributed by atoms with Crippen molar-refractivity contribution in [3.8, 4) is 11.5 Å². The highest BCUT2D eigenvalue weighted by Crippen LogP contribution is 2.36. The molecule has 1 heterocycles. The number of fused-ring (bicyclic) bond motifs is 1. The Hall–Kier alpha value is -1.72. The maximum atomic E-state index is 5.84. The summed E-state index contributed by atoms with van der Waals surface area (Å²) in [6.07, 6.45) is 1.74. The minimum Gasteiger partial charge on any atom is -0.454 e. The third-order valence-corrected chi connectivity index (χ3v) is 3.92. The van der Waals surface area contributed by atoms with Crippen molar-refractivity contribution in [1.29, 1.82) is 0 Å². The molecule has 2 aromatic carbocycles. The summed E-state index contributed by atoms with van der Waals surface area (Å²) in [4.78, 5) is 0. The van der Waals surface area contributed by atoms with E-state index >= 15 is 0 Å². The van der Waals surface area contributed by atoms with E-state index in [0.29, 0.717) is 6.54 Å². The van der Waals surface area contributed by atoms with Crippen LogP contribution in [0.3, 0.4) is 0 Å². The predicted octanol–water partition coefficient (Wildman–Crippen LogP) is 3.95. The third kappa shape index (κ3) is 3.49. The first-order valence-corrected chi connectivity index (χ1v) is 7.49. The SMILES string of the molecule is Clc1ccc(CN/N=C\c2cc3c(cc2Br)OCO3)cc1. The first-order chi connectivity index (χ1) is 10.2. The highest BCUT2D eigenvalue weighted by atomic mass is 79.9. The zero-order valence-corrected chi connectivity index (χ0v) is 13.3. The second-order valence-corrected chi connectivity index (χ2v) is 5.74. The lowest BCUT2D eigenvalue weighted by atomic mass is 10.2. The van der Waals surface area contributed by atoms with Crippen molar-refractivity contribution >= 4 is 33.7 Å². The van der Waals surface area contributed by atoms with Crippen molar-refractivity contribution in [1.82, 2.24) is 5.43 Å². The average molecular weight is 368 g/mol. The molecule has 1 aliphatic heterocycles. The van der Waals surface area contributed by atoms with E-state index in [1.165, 1.54) is 0 Å². The largest absolute Gasteiger partial charge is 0.454 e. The summed E-state index contributed by atoms with van der Waals surface area (Å²) in [5.74, 6) is 1.48. The van der Waals surface area contributed by atoms with Gasteiger partial charge in [-0.3, -0.25) is 0 Å². The molecule has 0 radical (unpaired) electrons. The second-order valence-electron chi connectivity index (χ2n) is 4.45. The summed E-state index contributed by atoms with van der Waals surface area (Å²) in [7, 11) is 0. The summed E-state index contributed by atoms with van der Waals surface area (Å²) in [6, 6.07) is 11.4.